The Morgan fingerprint density at radius 1 is 1.25 bits per heavy atom. The Hall–Kier alpha value is -2.41. The summed E-state index contributed by atoms with van der Waals surface area (Å²) >= 11 is 0. The number of carbonyl (C=O) groups excluding carboxylic acids is 1. The number of unbranched alkanes of at least 4 members (excludes halogenated alkanes) is 1. The fraction of sp³-hybridized carbons (Fsp3) is 0.571. The number of fused-ring (bicyclic) bond motifs is 1. The molecule has 152 valence electrons. The van der Waals surface area contributed by atoms with Gasteiger partial charge in [0.25, 0.3) is 0 Å². The minimum Gasteiger partial charge on any atom is -0.353 e. The van der Waals surface area contributed by atoms with Crippen molar-refractivity contribution < 1.29 is 4.79 Å². The fourth-order valence-corrected chi connectivity index (χ4v) is 3.80. The Morgan fingerprint density at radius 2 is 2.00 bits per heavy atom. The summed E-state index contributed by atoms with van der Waals surface area (Å²) < 4.78 is 2.96. The molecule has 0 radical (unpaired) electrons. The minimum atomic E-state index is -0.201. The van der Waals surface area contributed by atoms with Crippen molar-refractivity contribution in [1.82, 2.24) is 24.6 Å². The molecule has 0 bridgehead atoms. The number of aromatic nitrogens is 3. The molecule has 0 aliphatic carbocycles. The van der Waals surface area contributed by atoms with Crippen LogP contribution < -0.4 is 11.0 Å². The highest BCUT2D eigenvalue weighted by Crippen LogP contribution is 2.21. The Kier molecular flexibility index (Phi) is 6.67. The van der Waals surface area contributed by atoms with E-state index in [9.17, 15) is 9.59 Å². The standard InChI is InChI=1S/C21H31N5O2/c1-4-6-11-19-23-26(21(28)25(19)5-2)15-20(27)22-13-18-12-16-9-7-8-10-17(16)14-24(18)3/h7-10,18H,4-6,11-15H2,1-3H3,(H,22,27)/t18-/m1/s1. The molecular formula is C21H31N5O2. The first-order chi connectivity index (χ1) is 13.5. The molecule has 0 saturated heterocycles. The molecule has 0 unspecified atom stereocenters. The summed E-state index contributed by atoms with van der Waals surface area (Å²) in [6.45, 7) is 6.04. The van der Waals surface area contributed by atoms with Crippen molar-refractivity contribution in [2.75, 3.05) is 13.6 Å². The van der Waals surface area contributed by atoms with E-state index < -0.39 is 0 Å². The predicted octanol–water partition coefficient (Wildman–Crippen LogP) is 1.58. The van der Waals surface area contributed by atoms with Gasteiger partial charge in [-0.1, -0.05) is 37.6 Å². The summed E-state index contributed by atoms with van der Waals surface area (Å²) in [4.78, 5) is 27.2. The molecular weight excluding hydrogens is 354 g/mol. The van der Waals surface area contributed by atoms with Crippen LogP contribution in [-0.4, -0.2) is 44.8 Å². The number of nitrogens with zero attached hydrogens (tertiary/aromatic N) is 4. The first-order valence-electron chi connectivity index (χ1n) is 10.2. The molecule has 0 saturated carbocycles. The van der Waals surface area contributed by atoms with Crippen LogP contribution >= 0.6 is 0 Å². The Balaban J connectivity index is 1.59. The third-order valence-corrected chi connectivity index (χ3v) is 5.51. The molecule has 1 atom stereocenters. The molecule has 3 rings (SSSR count). The number of rotatable bonds is 8. The molecule has 7 heteroatoms. The number of benzene rings is 1. The van der Waals surface area contributed by atoms with Gasteiger partial charge in [-0.05, 0) is 37.9 Å². The molecule has 1 aliphatic rings. The van der Waals surface area contributed by atoms with Gasteiger partial charge in [-0.2, -0.15) is 5.10 Å². The highest BCUT2D eigenvalue weighted by atomic mass is 16.2. The van der Waals surface area contributed by atoms with Crippen molar-refractivity contribution in [2.45, 2.75) is 65.2 Å². The summed E-state index contributed by atoms with van der Waals surface area (Å²) in [5.74, 6) is 0.600. The van der Waals surface area contributed by atoms with E-state index in [0.717, 1.165) is 38.1 Å². The van der Waals surface area contributed by atoms with Crippen molar-refractivity contribution in [3.63, 3.8) is 0 Å². The van der Waals surface area contributed by atoms with Crippen LogP contribution in [0.1, 0.15) is 43.6 Å². The number of amides is 1. The van der Waals surface area contributed by atoms with Gasteiger partial charge in [0.05, 0.1) is 0 Å². The minimum absolute atomic E-state index is 0.0298. The van der Waals surface area contributed by atoms with Gasteiger partial charge in [0, 0.05) is 32.1 Å². The quantitative estimate of drug-likeness (QED) is 0.749. The van der Waals surface area contributed by atoms with E-state index in [1.807, 2.05) is 6.92 Å². The number of nitrogens with one attached hydrogen (secondary N) is 1. The van der Waals surface area contributed by atoms with Gasteiger partial charge < -0.3 is 5.32 Å². The van der Waals surface area contributed by atoms with Gasteiger partial charge in [-0.3, -0.25) is 14.3 Å². The van der Waals surface area contributed by atoms with E-state index in [0.29, 0.717) is 13.1 Å². The van der Waals surface area contributed by atoms with E-state index >= 15 is 0 Å². The molecule has 1 N–H and O–H groups in total. The lowest BCUT2D eigenvalue weighted by molar-refractivity contribution is -0.122. The van der Waals surface area contributed by atoms with Crippen LogP contribution in [0.5, 0.6) is 0 Å². The number of hydrogen-bond acceptors (Lipinski definition) is 4. The highest BCUT2D eigenvalue weighted by Gasteiger charge is 2.23. The van der Waals surface area contributed by atoms with Crippen LogP contribution in [0.2, 0.25) is 0 Å². The molecule has 0 fully saturated rings. The Bertz CT molecular complexity index is 870. The smallest absolute Gasteiger partial charge is 0.346 e. The van der Waals surface area contributed by atoms with Gasteiger partial charge in [-0.15, -0.1) is 0 Å². The normalized spacial score (nSPS) is 16.8. The average molecular weight is 386 g/mol. The van der Waals surface area contributed by atoms with E-state index in [2.05, 4.69) is 53.6 Å². The third kappa shape index (κ3) is 4.52. The van der Waals surface area contributed by atoms with Gasteiger partial charge in [-0.25, -0.2) is 9.48 Å². The van der Waals surface area contributed by atoms with Crippen LogP contribution in [0.15, 0.2) is 29.1 Å². The fourth-order valence-electron chi connectivity index (χ4n) is 3.80. The first-order valence-corrected chi connectivity index (χ1v) is 10.2. The molecule has 7 nitrogen and oxygen atoms in total. The van der Waals surface area contributed by atoms with E-state index in [1.165, 1.54) is 15.8 Å². The summed E-state index contributed by atoms with van der Waals surface area (Å²) in [7, 11) is 2.08. The zero-order chi connectivity index (χ0) is 20.1. The zero-order valence-electron chi connectivity index (χ0n) is 17.1. The number of carbonyl (C=O) groups is 1. The maximum Gasteiger partial charge on any atom is 0.346 e. The largest absolute Gasteiger partial charge is 0.353 e. The molecule has 2 aromatic rings. The van der Waals surface area contributed by atoms with Gasteiger partial charge >= 0.3 is 5.69 Å². The van der Waals surface area contributed by atoms with E-state index in [-0.39, 0.29) is 24.2 Å². The molecule has 0 spiro atoms. The zero-order valence-corrected chi connectivity index (χ0v) is 17.1. The van der Waals surface area contributed by atoms with Gasteiger partial charge in [0.2, 0.25) is 5.91 Å². The van der Waals surface area contributed by atoms with Gasteiger partial charge in [0.15, 0.2) is 0 Å². The Labute approximate surface area is 166 Å². The van der Waals surface area contributed by atoms with Gasteiger partial charge in [0.1, 0.15) is 12.4 Å². The molecule has 1 aromatic heterocycles. The van der Waals surface area contributed by atoms with Crippen molar-refractivity contribution >= 4 is 5.91 Å². The summed E-state index contributed by atoms with van der Waals surface area (Å²) in [6.07, 6.45) is 3.71. The molecule has 1 aromatic carbocycles. The van der Waals surface area contributed by atoms with Crippen LogP contribution in [0.25, 0.3) is 0 Å². The summed E-state index contributed by atoms with van der Waals surface area (Å²) in [6, 6.07) is 8.70. The number of hydrogen-bond donors (Lipinski definition) is 1. The predicted molar refractivity (Wildman–Crippen MR) is 109 cm³/mol. The second-order valence-corrected chi connectivity index (χ2v) is 7.55. The average Bonchev–Trinajstić information content (AvgIpc) is 2.99. The second-order valence-electron chi connectivity index (χ2n) is 7.55. The highest BCUT2D eigenvalue weighted by molar-refractivity contribution is 5.75. The summed E-state index contributed by atoms with van der Waals surface area (Å²) in [5.41, 5.74) is 2.50. The van der Waals surface area contributed by atoms with Crippen LogP contribution in [0, 0.1) is 0 Å². The van der Waals surface area contributed by atoms with Crippen molar-refractivity contribution in [3.8, 4) is 0 Å². The topological polar surface area (TPSA) is 72.2 Å². The molecule has 1 amide bonds. The summed E-state index contributed by atoms with van der Waals surface area (Å²) in [5, 5.41) is 7.38. The van der Waals surface area contributed by atoms with Crippen molar-refractivity contribution in [3.05, 3.63) is 51.7 Å². The number of likely N-dealkylation sites (N-methyl/N-ethyl adjacent to an activating group) is 1. The Morgan fingerprint density at radius 3 is 2.71 bits per heavy atom. The second kappa shape index (κ2) is 9.19. The lowest BCUT2D eigenvalue weighted by Gasteiger charge is -2.34. The monoisotopic (exact) mass is 385 g/mol. The lowest BCUT2D eigenvalue weighted by Crippen LogP contribution is -2.46. The van der Waals surface area contributed by atoms with Crippen LogP contribution in [-0.2, 0) is 37.3 Å². The van der Waals surface area contributed by atoms with Crippen molar-refractivity contribution in [1.29, 1.82) is 0 Å². The van der Waals surface area contributed by atoms with Crippen molar-refractivity contribution in [2.24, 2.45) is 0 Å². The van der Waals surface area contributed by atoms with E-state index in [4.69, 9.17) is 0 Å². The SMILES string of the molecule is CCCCc1nn(CC(=O)NC[C@H]2Cc3ccccc3CN2C)c(=O)n1CC. The molecule has 1 aliphatic heterocycles. The van der Waals surface area contributed by atoms with E-state index in [1.54, 1.807) is 4.57 Å². The van der Waals surface area contributed by atoms with Crippen LogP contribution in [0.4, 0.5) is 0 Å². The lowest BCUT2D eigenvalue weighted by atomic mass is 9.94. The maximum absolute atomic E-state index is 12.5. The van der Waals surface area contributed by atoms with Crippen LogP contribution in [0.3, 0.4) is 0 Å². The molecule has 28 heavy (non-hydrogen) atoms. The third-order valence-electron chi connectivity index (χ3n) is 5.51. The maximum atomic E-state index is 12.5. The number of aryl methyl sites for hydroxylation is 1. The first kappa shape index (κ1) is 20.3. The molecule has 2 heterocycles.